The van der Waals surface area contributed by atoms with Gasteiger partial charge in [-0.15, -0.1) is 0 Å². The molecular weight excluding hydrogens is 362 g/mol. The predicted octanol–water partition coefficient (Wildman–Crippen LogP) is 3.35. The number of H-pyrrole nitrogens is 1. The van der Waals surface area contributed by atoms with Crippen molar-refractivity contribution in [3.8, 4) is 34.3 Å². The van der Waals surface area contributed by atoms with Crippen molar-refractivity contribution in [3.63, 3.8) is 0 Å². The third-order valence-corrected chi connectivity index (χ3v) is 4.71. The number of ether oxygens (including phenoxy) is 4. The van der Waals surface area contributed by atoms with E-state index >= 15 is 0 Å². The molecule has 8 nitrogen and oxygen atoms in total. The van der Waals surface area contributed by atoms with Crippen molar-refractivity contribution in [1.82, 2.24) is 10.2 Å². The fourth-order valence-electron chi connectivity index (χ4n) is 3.24. The molecule has 0 saturated carbocycles. The van der Waals surface area contributed by atoms with E-state index in [1.807, 2.05) is 25.1 Å². The van der Waals surface area contributed by atoms with Gasteiger partial charge in [0.15, 0.2) is 23.0 Å². The molecule has 5 rings (SSSR count). The highest BCUT2D eigenvalue weighted by molar-refractivity contribution is 6.06. The van der Waals surface area contributed by atoms with Crippen LogP contribution in [0.15, 0.2) is 36.4 Å². The summed E-state index contributed by atoms with van der Waals surface area (Å²) in [4.78, 5) is 12.9. The number of aromatic nitrogens is 2. The average molecular weight is 379 g/mol. The summed E-state index contributed by atoms with van der Waals surface area (Å²) in [6.07, 6.45) is 0.689. The molecule has 0 fully saturated rings. The minimum Gasteiger partial charge on any atom is -0.454 e. The Morgan fingerprint density at radius 2 is 1.68 bits per heavy atom. The van der Waals surface area contributed by atoms with Gasteiger partial charge in [0.25, 0.3) is 5.91 Å². The van der Waals surface area contributed by atoms with E-state index in [0.29, 0.717) is 46.4 Å². The van der Waals surface area contributed by atoms with E-state index in [1.165, 1.54) is 0 Å². The SMILES string of the molecule is CCc1[nH]nc(-c2ccc3c(c2)OCO3)c1NC(=O)c1ccc2c(c1)OCO2. The summed E-state index contributed by atoms with van der Waals surface area (Å²) in [7, 11) is 0. The molecule has 1 aromatic heterocycles. The Hall–Kier alpha value is -3.68. The van der Waals surface area contributed by atoms with Crippen molar-refractivity contribution in [2.75, 3.05) is 18.9 Å². The molecule has 2 N–H and O–H groups in total. The number of anilines is 1. The number of amides is 1. The molecule has 2 aromatic carbocycles. The van der Waals surface area contributed by atoms with Gasteiger partial charge >= 0.3 is 0 Å². The average Bonchev–Trinajstić information content (AvgIpc) is 3.45. The van der Waals surface area contributed by atoms with Crippen LogP contribution in [0.2, 0.25) is 0 Å². The Bertz CT molecular complexity index is 1080. The predicted molar refractivity (Wildman–Crippen MR) is 100 cm³/mol. The van der Waals surface area contributed by atoms with Gasteiger partial charge in [-0.3, -0.25) is 9.89 Å². The van der Waals surface area contributed by atoms with Crippen LogP contribution in [0.25, 0.3) is 11.3 Å². The molecule has 2 aliphatic heterocycles. The minimum absolute atomic E-state index is 0.163. The highest BCUT2D eigenvalue weighted by Gasteiger charge is 2.22. The van der Waals surface area contributed by atoms with Gasteiger partial charge in [0.05, 0.1) is 11.4 Å². The molecule has 142 valence electrons. The topological polar surface area (TPSA) is 94.7 Å². The fraction of sp³-hybridized carbons (Fsp3) is 0.200. The number of hydrogen-bond acceptors (Lipinski definition) is 6. The van der Waals surface area contributed by atoms with Crippen molar-refractivity contribution in [2.45, 2.75) is 13.3 Å². The molecule has 0 radical (unpaired) electrons. The third kappa shape index (κ3) is 2.70. The maximum Gasteiger partial charge on any atom is 0.255 e. The number of rotatable bonds is 4. The number of fused-ring (bicyclic) bond motifs is 2. The molecule has 0 aliphatic carbocycles. The molecule has 2 aliphatic rings. The Labute approximate surface area is 160 Å². The summed E-state index contributed by atoms with van der Waals surface area (Å²) in [5, 5.41) is 10.4. The van der Waals surface area contributed by atoms with Crippen molar-refractivity contribution in [2.24, 2.45) is 0 Å². The van der Waals surface area contributed by atoms with E-state index < -0.39 is 0 Å². The summed E-state index contributed by atoms with van der Waals surface area (Å²) in [5.41, 5.74) is 3.42. The molecular formula is C20H17N3O5. The van der Waals surface area contributed by atoms with Crippen LogP contribution in [-0.4, -0.2) is 29.7 Å². The molecule has 3 heterocycles. The number of hydrogen-bond donors (Lipinski definition) is 2. The Kier molecular flexibility index (Phi) is 3.82. The largest absolute Gasteiger partial charge is 0.454 e. The van der Waals surface area contributed by atoms with Gasteiger partial charge in [0.2, 0.25) is 13.6 Å². The Morgan fingerprint density at radius 3 is 2.43 bits per heavy atom. The van der Waals surface area contributed by atoms with E-state index in [9.17, 15) is 4.79 Å². The van der Waals surface area contributed by atoms with Gasteiger partial charge in [-0.25, -0.2) is 0 Å². The fourth-order valence-corrected chi connectivity index (χ4v) is 3.24. The zero-order valence-corrected chi connectivity index (χ0v) is 15.1. The van der Waals surface area contributed by atoms with Gasteiger partial charge < -0.3 is 24.3 Å². The van der Waals surface area contributed by atoms with Crippen LogP contribution >= 0.6 is 0 Å². The third-order valence-electron chi connectivity index (χ3n) is 4.71. The quantitative estimate of drug-likeness (QED) is 0.722. The van der Waals surface area contributed by atoms with Gasteiger partial charge in [-0.05, 0) is 42.8 Å². The number of carbonyl (C=O) groups is 1. The van der Waals surface area contributed by atoms with E-state index in [4.69, 9.17) is 18.9 Å². The first-order valence-electron chi connectivity index (χ1n) is 8.91. The lowest BCUT2D eigenvalue weighted by atomic mass is 10.1. The summed E-state index contributed by atoms with van der Waals surface area (Å²) in [6.45, 7) is 2.36. The molecule has 0 saturated heterocycles. The number of nitrogens with zero attached hydrogens (tertiary/aromatic N) is 1. The first-order valence-corrected chi connectivity index (χ1v) is 8.91. The molecule has 8 heteroatoms. The maximum atomic E-state index is 12.9. The second-order valence-electron chi connectivity index (χ2n) is 6.37. The molecule has 0 bridgehead atoms. The lowest BCUT2D eigenvalue weighted by molar-refractivity contribution is 0.102. The highest BCUT2D eigenvalue weighted by atomic mass is 16.7. The lowest BCUT2D eigenvalue weighted by Crippen LogP contribution is -2.13. The molecule has 0 unspecified atom stereocenters. The van der Waals surface area contributed by atoms with Gasteiger partial charge in [-0.2, -0.15) is 5.10 Å². The highest BCUT2D eigenvalue weighted by Crippen LogP contribution is 2.38. The number of nitrogens with one attached hydrogen (secondary N) is 2. The van der Waals surface area contributed by atoms with Crippen LogP contribution in [0, 0.1) is 0 Å². The number of carbonyl (C=O) groups excluding carboxylic acids is 1. The lowest BCUT2D eigenvalue weighted by Gasteiger charge is -2.09. The first-order chi connectivity index (χ1) is 13.7. The maximum absolute atomic E-state index is 12.9. The summed E-state index contributed by atoms with van der Waals surface area (Å²) in [6, 6.07) is 10.7. The monoisotopic (exact) mass is 379 g/mol. The second kappa shape index (κ2) is 6.49. The zero-order chi connectivity index (χ0) is 19.1. The summed E-state index contributed by atoms with van der Waals surface area (Å²) in [5.74, 6) is 2.30. The van der Waals surface area contributed by atoms with Crippen molar-refractivity contribution in [3.05, 3.63) is 47.7 Å². The number of aryl methyl sites for hydroxylation is 1. The van der Waals surface area contributed by atoms with Gasteiger partial charge in [0.1, 0.15) is 5.69 Å². The van der Waals surface area contributed by atoms with Crippen LogP contribution < -0.4 is 24.3 Å². The van der Waals surface area contributed by atoms with Gasteiger partial charge in [0, 0.05) is 11.1 Å². The Balaban J connectivity index is 1.48. The van der Waals surface area contributed by atoms with E-state index in [2.05, 4.69) is 15.5 Å². The normalized spacial score (nSPS) is 13.6. The molecule has 0 atom stereocenters. The van der Waals surface area contributed by atoms with Gasteiger partial charge in [-0.1, -0.05) is 6.92 Å². The van der Waals surface area contributed by atoms with Crippen LogP contribution in [0.5, 0.6) is 23.0 Å². The number of aromatic amines is 1. The number of benzene rings is 2. The van der Waals surface area contributed by atoms with Crippen LogP contribution in [0.1, 0.15) is 23.0 Å². The molecule has 28 heavy (non-hydrogen) atoms. The zero-order valence-electron chi connectivity index (χ0n) is 15.1. The summed E-state index contributed by atoms with van der Waals surface area (Å²) >= 11 is 0. The Morgan fingerprint density at radius 1 is 1.00 bits per heavy atom. The van der Waals surface area contributed by atoms with E-state index in [1.54, 1.807) is 18.2 Å². The van der Waals surface area contributed by atoms with Crippen molar-refractivity contribution >= 4 is 11.6 Å². The van der Waals surface area contributed by atoms with Crippen LogP contribution in [0.4, 0.5) is 5.69 Å². The first kappa shape index (κ1) is 16.5. The minimum atomic E-state index is -0.253. The van der Waals surface area contributed by atoms with Crippen molar-refractivity contribution in [1.29, 1.82) is 0 Å². The standard InChI is InChI=1S/C20H17N3O5/c1-2-13-19(21-20(24)12-4-6-15-17(8-12)28-10-26-15)18(23-22-13)11-3-5-14-16(7-11)27-9-25-14/h3-8H,2,9-10H2,1H3,(H,21,24)(H,22,23). The van der Waals surface area contributed by atoms with Crippen LogP contribution in [-0.2, 0) is 6.42 Å². The molecule has 3 aromatic rings. The van der Waals surface area contributed by atoms with Crippen molar-refractivity contribution < 1.29 is 23.7 Å². The second-order valence-corrected chi connectivity index (χ2v) is 6.37. The summed E-state index contributed by atoms with van der Waals surface area (Å²) < 4.78 is 21.5. The van der Waals surface area contributed by atoms with Crippen LogP contribution in [0.3, 0.4) is 0 Å². The van der Waals surface area contributed by atoms with E-state index in [-0.39, 0.29) is 19.5 Å². The smallest absolute Gasteiger partial charge is 0.255 e. The van der Waals surface area contributed by atoms with E-state index in [0.717, 1.165) is 11.3 Å². The molecule has 0 spiro atoms. The molecule has 1 amide bonds.